The number of thioether (sulfide) groups is 1. The molecule has 4 aromatic rings. The molecule has 1 unspecified atom stereocenters. The summed E-state index contributed by atoms with van der Waals surface area (Å²) >= 11 is 1.68. The summed E-state index contributed by atoms with van der Waals surface area (Å²) in [5.41, 5.74) is 6.81. The van der Waals surface area contributed by atoms with Crippen LogP contribution in [0.2, 0.25) is 0 Å². The van der Waals surface area contributed by atoms with Crippen molar-refractivity contribution in [3.8, 4) is 11.4 Å². The number of hydrogen-bond acceptors (Lipinski definition) is 5. The number of carbonyl (C=O) groups excluding carboxylic acids is 1. The van der Waals surface area contributed by atoms with E-state index in [0.717, 1.165) is 44.0 Å². The number of benzene rings is 3. The van der Waals surface area contributed by atoms with Crippen molar-refractivity contribution in [3.05, 3.63) is 107 Å². The Bertz CT molecular complexity index is 1420. The second-order valence-electron chi connectivity index (χ2n) is 8.96. The number of aromatic nitrogens is 2. The summed E-state index contributed by atoms with van der Waals surface area (Å²) in [6, 6.07) is 23.7. The largest absolute Gasteiger partial charge is 0.334 e. The molecule has 1 aromatic heterocycles. The molecule has 182 valence electrons. The zero-order valence-electron chi connectivity index (χ0n) is 20.8. The Hall–Kier alpha value is -3.84. The highest BCUT2D eigenvalue weighted by Gasteiger charge is 2.36. The minimum Gasteiger partial charge on any atom is -0.334 e. The second kappa shape index (κ2) is 10.0. The summed E-state index contributed by atoms with van der Waals surface area (Å²) < 4.78 is 5.81. The maximum Gasteiger partial charge on any atom is 0.322 e. The van der Waals surface area contributed by atoms with Crippen LogP contribution in [0, 0.1) is 13.8 Å². The Morgan fingerprint density at radius 3 is 2.39 bits per heavy atom. The first kappa shape index (κ1) is 23.9. The van der Waals surface area contributed by atoms with Crippen LogP contribution in [0.3, 0.4) is 0 Å². The highest BCUT2D eigenvalue weighted by atomic mass is 32.2. The number of urea groups is 1. The Morgan fingerprint density at radius 2 is 1.69 bits per heavy atom. The number of nitrogens with one attached hydrogen (secondary N) is 1. The van der Waals surface area contributed by atoms with Gasteiger partial charge in [0.25, 0.3) is 5.89 Å². The van der Waals surface area contributed by atoms with Crippen LogP contribution in [0.25, 0.3) is 17.0 Å². The second-order valence-corrected chi connectivity index (χ2v) is 9.84. The summed E-state index contributed by atoms with van der Waals surface area (Å²) in [4.78, 5) is 21.0. The highest BCUT2D eigenvalue weighted by Crippen LogP contribution is 2.38. The number of hydrogen-bond donors (Lipinski definition) is 1. The van der Waals surface area contributed by atoms with Crippen molar-refractivity contribution in [2.75, 3.05) is 6.26 Å². The van der Waals surface area contributed by atoms with Crippen molar-refractivity contribution >= 4 is 23.4 Å². The molecule has 2 heterocycles. The molecule has 1 N–H and O–H groups in total. The van der Waals surface area contributed by atoms with E-state index in [1.54, 1.807) is 16.7 Å². The molecule has 6 nitrogen and oxygen atoms in total. The summed E-state index contributed by atoms with van der Waals surface area (Å²) in [7, 11) is 0. The minimum atomic E-state index is -0.409. The van der Waals surface area contributed by atoms with Crippen molar-refractivity contribution in [1.82, 2.24) is 20.4 Å². The summed E-state index contributed by atoms with van der Waals surface area (Å²) in [5.74, 6) is 0.918. The number of nitrogens with zero attached hydrogens (tertiary/aromatic N) is 3. The van der Waals surface area contributed by atoms with Crippen LogP contribution in [-0.2, 0) is 6.54 Å². The summed E-state index contributed by atoms with van der Waals surface area (Å²) in [6.45, 7) is 6.50. The minimum absolute atomic E-state index is 0.156. The van der Waals surface area contributed by atoms with E-state index >= 15 is 0 Å². The van der Waals surface area contributed by atoms with E-state index < -0.39 is 6.04 Å². The summed E-state index contributed by atoms with van der Waals surface area (Å²) in [5, 5.41) is 7.46. The molecule has 3 aromatic carbocycles. The van der Waals surface area contributed by atoms with E-state index in [9.17, 15) is 4.79 Å². The SMILES string of the molecule is CSc1ccc(C2NC(=O)N(Cc3ccccc3C)C(C)=C2c2nc(-c3ccc(C)cc3)no2)cc1. The lowest BCUT2D eigenvalue weighted by Crippen LogP contribution is -2.45. The standard InChI is InChI=1S/C29H28N4O2S/c1-18-9-11-22(12-10-18)27-31-28(35-32-27)25-20(3)33(17-23-8-6-5-7-19(23)2)29(34)30-26(25)21-13-15-24(36-4)16-14-21/h5-16,26H,17H2,1-4H3,(H,30,34). The number of rotatable bonds is 6. The normalized spacial score (nSPS) is 15.8. The Balaban J connectivity index is 1.59. The molecular formula is C29H28N4O2S. The lowest BCUT2D eigenvalue weighted by Gasteiger charge is -2.35. The van der Waals surface area contributed by atoms with Gasteiger partial charge in [-0.05, 0) is 55.9 Å². The monoisotopic (exact) mass is 496 g/mol. The van der Waals surface area contributed by atoms with E-state index in [1.165, 1.54) is 0 Å². The molecule has 1 aliphatic rings. The van der Waals surface area contributed by atoms with Crippen LogP contribution in [0.15, 0.2) is 87.9 Å². The van der Waals surface area contributed by atoms with E-state index in [1.807, 2.05) is 74.7 Å². The molecule has 7 heteroatoms. The number of aryl methyl sites for hydroxylation is 2. The fraction of sp³-hybridized carbons (Fsp3) is 0.207. The first-order chi connectivity index (χ1) is 17.4. The Labute approximate surface area is 215 Å². The average Bonchev–Trinajstić information content (AvgIpc) is 3.37. The molecule has 5 rings (SSSR count). The first-order valence-corrected chi connectivity index (χ1v) is 13.1. The zero-order valence-corrected chi connectivity index (χ0v) is 21.6. The van der Waals surface area contributed by atoms with Gasteiger partial charge in [0, 0.05) is 16.2 Å². The third-order valence-corrected chi connectivity index (χ3v) is 7.34. The van der Waals surface area contributed by atoms with Crippen LogP contribution in [-0.4, -0.2) is 27.3 Å². The van der Waals surface area contributed by atoms with Crippen molar-refractivity contribution in [3.63, 3.8) is 0 Å². The third-order valence-electron chi connectivity index (χ3n) is 6.60. The number of allylic oxidation sites excluding steroid dienone is 1. The molecule has 0 aliphatic carbocycles. The molecule has 0 bridgehead atoms. The van der Waals surface area contributed by atoms with Crippen molar-refractivity contribution in [2.45, 2.75) is 38.3 Å². The van der Waals surface area contributed by atoms with Gasteiger partial charge in [0.05, 0.1) is 18.2 Å². The zero-order chi connectivity index (χ0) is 25.2. The van der Waals surface area contributed by atoms with E-state index in [4.69, 9.17) is 9.51 Å². The predicted molar refractivity (Wildman–Crippen MR) is 143 cm³/mol. The van der Waals surface area contributed by atoms with Gasteiger partial charge in [0.1, 0.15) is 0 Å². The molecule has 36 heavy (non-hydrogen) atoms. The van der Waals surface area contributed by atoms with Gasteiger partial charge in [-0.3, -0.25) is 4.90 Å². The lowest BCUT2D eigenvalue weighted by molar-refractivity contribution is 0.203. The van der Waals surface area contributed by atoms with E-state index in [2.05, 4.69) is 35.6 Å². The Kier molecular flexibility index (Phi) is 6.65. The van der Waals surface area contributed by atoms with Gasteiger partial charge in [-0.25, -0.2) is 4.79 Å². The van der Waals surface area contributed by atoms with Crippen LogP contribution < -0.4 is 5.32 Å². The number of amides is 2. The van der Waals surface area contributed by atoms with E-state index in [0.29, 0.717) is 18.3 Å². The highest BCUT2D eigenvalue weighted by molar-refractivity contribution is 7.98. The van der Waals surface area contributed by atoms with Crippen LogP contribution >= 0.6 is 11.8 Å². The molecule has 1 aliphatic heterocycles. The first-order valence-electron chi connectivity index (χ1n) is 11.8. The van der Waals surface area contributed by atoms with Crippen molar-refractivity contribution in [1.29, 1.82) is 0 Å². The fourth-order valence-electron chi connectivity index (χ4n) is 4.41. The molecule has 0 saturated heterocycles. The van der Waals surface area contributed by atoms with Crippen molar-refractivity contribution in [2.24, 2.45) is 0 Å². The lowest BCUT2D eigenvalue weighted by atomic mass is 9.94. The Morgan fingerprint density at radius 1 is 0.972 bits per heavy atom. The smallest absolute Gasteiger partial charge is 0.322 e. The molecule has 0 spiro atoms. The molecule has 0 saturated carbocycles. The van der Waals surface area contributed by atoms with Gasteiger partial charge in [-0.2, -0.15) is 4.98 Å². The van der Waals surface area contributed by atoms with Gasteiger partial charge in [0.2, 0.25) is 5.82 Å². The topological polar surface area (TPSA) is 71.3 Å². The van der Waals surface area contributed by atoms with Crippen LogP contribution in [0.4, 0.5) is 4.79 Å². The molecule has 1 atom stereocenters. The molecule has 0 radical (unpaired) electrons. The van der Waals surface area contributed by atoms with E-state index in [-0.39, 0.29) is 6.03 Å². The maximum atomic E-state index is 13.4. The van der Waals surface area contributed by atoms with Crippen LogP contribution in [0.5, 0.6) is 0 Å². The third kappa shape index (κ3) is 4.66. The quantitative estimate of drug-likeness (QED) is 0.298. The van der Waals surface area contributed by atoms with Gasteiger partial charge >= 0.3 is 6.03 Å². The number of carbonyl (C=O) groups is 1. The maximum absolute atomic E-state index is 13.4. The molecule has 0 fully saturated rings. The summed E-state index contributed by atoms with van der Waals surface area (Å²) in [6.07, 6.45) is 2.04. The van der Waals surface area contributed by atoms with Crippen LogP contribution in [0.1, 0.15) is 41.1 Å². The molecule has 2 amide bonds. The van der Waals surface area contributed by atoms with Gasteiger partial charge in [0.15, 0.2) is 0 Å². The van der Waals surface area contributed by atoms with Crippen molar-refractivity contribution < 1.29 is 9.32 Å². The predicted octanol–water partition coefficient (Wildman–Crippen LogP) is 6.77. The molecular weight excluding hydrogens is 468 g/mol. The van der Waals surface area contributed by atoms with Gasteiger partial charge in [-0.15, -0.1) is 11.8 Å². The van der Waals surface area contributed by atoms with Gasteiger partial charge < -0.3 is 9.84 Å². The van der Waals surface area contributed by atoms with Gasteiger partial charge in [-0.1, -0.05) is 71.4 Å². The fourth-order valence-corrected chi connectivity index (χ4v) is 4.81. The average molecular weight is 497 g/mol.